The van der Waals surface area contributed by atoms with Crippen molar-refractivity contribution in [1.29, 1.82) is 0 Å². The molecule has 1 aliphatic carbocycles. The number of nitrogens with one attached hydrogen (secondary N) is 1. The lowest BCUT2D eigenvalue weighted by molar-refractivity contribution is -0.136. The van der Waals surface area contributed by atoms with Crippen LogP contribution in [0.2, 0.25) is 0 Å². The van der Waals surface area contributed by atoms with Gasteiger partial charge in [0.2, 0.25) is 11.8 Å². The van der Waals surface area contributed by atoms with Crippen LogP contribution in [0.25, 0.3) is 11.1 Å². The van der Waals surface area contributed by atoms with Crippen LogP contribution in [-0.4, -0.2) is 126 Å². The predicted octanol–water partition coefficient (Wildman–Crippen LogP) is 3.11. The predicted molar refractivity (Wildman–Crippen MR) is 208 cm³/mol. The second kappa shape index (κ2) is 14.0. The highest BCUT2D eigenvalue weighted by Gasteiger charge is 2.49. The van der Waals surface area contributed by atoms with E-state index < -0.39 is 23.8 Å². The van der Waals surface area contributed by atoms with Crippen LogP contribution in [0.15, 0.2) is 42.7 Å². The third-order valence-corrected chi connectivity index (χ3v) is 13.5. The number of imide groups is 2. The molecule has 1 atom stereocenters. The van der Waals surface area contributed by atoms with E-state index in [-0.39, 0.29) is 18.7 Å². The normalized spacial score (nSPS) is 24.0. The Balaban J connectivity index is 0.748. The van der Waals surface area contributed by atoms with E-state index in [1.165, 1.54) is 12.8 Å². The minimum atomic E-state index is -0.949. The van der Waals surface area contributed by atoms with Crippen LogP contribution in [0, 0.1) is 5.41 Å². The van der Waals surface area contributed by atoms with E-state index in [1.54, 1.807) is 13.2 Å². The van der Waals surface area contributed by atoms with Gasteiger partial charge in [0.25, 0.3) is 11.8 Å². The first kappa shape index (κ1) is 35.7. The number of rotatable bonds is 7. The van der Waals surface area contributed by atoms with Crippen LogP contribution < -0.4 is 25.6 Å². The van der Waals surface area contributed by atoms with Crippen LogP contribution in [-0.2, 0) is 16.6 Å². The minimum absolute atomic E-state index is 0.111. The fourth-order valence-electron chi connectivity index (χ4n) is 10.3. The van der Waals surface area contributed by atoms with Crippen molar-refractivity contribution in [2.75, 3.05) is 75.0 Å². The number of methoxy groups -OCH3 is 1. The quantitative estimate of drug-likeness (QED) is 0.271. The van der Waals surface area contributed by atoms with Gasteiger partial charge < -0.3 is 20.3 Å². The zero-order valence-corrected chi connectivity index (χ0v) is 31.8. The van der Waals surface area contributed by atoms with E-state index in [2.05, 4.69) is 36.1 Å². The van der Waals surface area contributed by atoms with Gasteiger partial charge in [0, 0.05) is 113 Å². The smallest absolute Gasteiger partial charge is 0.262 e. The maximum atomic E-state index is 13.4. The Morgan fingerprint density at radius 1 is 0.800 bits per heavy atom. The van der Waals surface area contributed by atoms with E-state index in [4.69, 9.17) is 10.5 Å². The Morgan fingerprint density at radius 2 is 1.49 bits per heavy atom. The Bertz CT molecular complexity index is 2020. The van der Waals surface area contributed by atoms with Crippen molar-refractivity contribution in [3.05, 3.63) is 53.9 Å². The molecule has 9 rings (SSSR count). The van der Waals surface area contributed by atoms with E-state index in [0.29, 0.717) is 40.1 Å². The lowest BCUT2D eigenvalue weighted by Gasteiger charge is -2.57. The van der Waals surface area contributed by atoms with E-state index in [9.17, 15) is 19.2 Å². The molecule has 5 aliphatic heterocycles. The Hall–Kier alpha value is -4.95. The number of aryl methyl sites for hydroxylation is 1. The lowest BCUT2D eigenvalue weighted by atomic mass is 9.60. The molecule has 290 valence electrons. The average Bonchev–Trinajstić information content (AvgIpc) is 3.73. The van der Waals surface area contributed by atoms with Crippen LogP contribution >= 0.6 is 0 Å². The van der Waals surface area contributed by atoms with Crippen molar-refractivity contribution in [3.63, 3.8) is 0 Å². The third kappa shape index (κ3) is 6.42. The van der Waals surface area contributed by atoms with E-state index >= 15 is 0 Å². The number of piperazine rings is 1. The molecule has 55 heavy (non-hydrogen) atoms. The molecular formula is C41H51N9O5. The summed E-state index contributed by atoms with van der Waals surface area (Å²) in [5.74, 6) is -1.16. The van der Waals surface area contributed by atoms with Crippen molar-refractivity contribution in [2.45, 2.75) is 69.5 Å². The molecule has 14 heteroatoms. The van der Waals surface area contributed by atoms with Crippen LogP contribution in [0.5, 0.6) is 5.75 Å². The number of amides is 4. The van der Waals surface area contributed by atoms with Gasteiger partial charge in [-0.1, -0.05) is 0 Å². The SMILES string of the molecule is COc1cc(N2CCC(N3CCN(C4CC5(CCN(c6ccc7c(c6)C(=O)N(C6CCC(=O)NC6=O)C7=O)CC5)C4)CC3)CC2)c(-c2cnn(C)c2)cc1N. The number of nitrogens with zero attached hydrogens (tertiary/aromatic N) is 7. The molecule has 1 unspecified atom stereocenters. The maximum absolute atomic E-state index is 13.4. The summed E-state index contributed by atoms with van der Waals surface area (Å²) >= 11 is 0. The number of carbonyl (C=O) groups excluding carboxylic acids is 4. The number of piperidine rings is 3. The monoisotopic (exact) mass is 749 g/mol. The van der Waals surface area contributed by atoms with Crippen molar-refractivity contribution >= 4 is 40.7 Å². The summed E-state index contributed by atoms with van der Waals surface area (Å²) in [4.78, 5) is 62.0. The molecule has 1 aromatic heterocycles. The van der Waals surface area contributed by atoms with Crippen LogP contribution in [0.3, 0.4) is 0 Å². The summed E-state index contributed by atoms with van der Waals surface area (Å²) in [7, 11) is 3.61. The lowest BCUT2D eigenvalue weighted by Crippen LogP contribution is -2.60. The highest BCUT2D eigenvalue weighted by atomic mass is 16.5. The van der Waals surface area contributed by atoms with Gasteiger partial charge in [0.15, 0.2) is 0 Å². The van der Waals surface area contributed by atoms with Gasteiger partial charge in [0.05, 0.1) is 30.1 Å². The second-order valence-electron chi connectivity index (χ2n) is 16.5. The molecule has 5 fully saturated rings. The third-order valence-electron chi connectivity index (χ3n) is 13.5. The Kier molecular flexibility index (Phi) is 9.07. The Labute approximate surface area is 321 Å². The number of benzene rings is 2. The largest absolute Gasteiger partial charge is 0.495 e. The molecular weight excluding hydrogens is 699 g/mol. The average molecular weight is 750 g/mol. The van der Waals surface area contributed by atoms with Crippen LogP contribution in [0.1, 0.15) is 72.1 Å². The molecule has 6 aliphatic rings. The molecule has 3 aromatic rings. The standard InChI is InChI=1S/C41H51N9O5/c1-45-25-26(24-43-45)31-20-33(42)36(55-2)21-35(31)49-11-7-27(8-12-49)47-15-17-48(18-16-47)29-22-41(23-29)9-13-46(14-10-41)28-3-4-30-32(19-28)40(54)50(39(30)53)34-5-6-37(51)44-38(34)52/h3-4,19-21,24-25,27,29,34H,5-18,22-23,42H2,1-2H3,(H,44,51,52). The molecule has 4 amide bonds. The number of hydrogen-bond donors (Lipinski definition) is 2. The highest BCUT2D eigenvalue weighted by molar-refractivity contribution is 6.23. The molecule has 0 bridgehead atoms. The summed E-state index contributed by atoms with van der Waals surface area (Å²) < 4.78 is 7.44. The van der Waals surface area contributed by atoms with Gasteiger partial charge >= 0.3 is 0 Å². The fourth-order valence-corrected chi connectivity index (χ4v) is 10.3. The molecule has 1 spiro atoms. The van der Waals surface area contributed by atoms with Crippen LogP contribution in [0.4, 0.5) is 17.1 Å². The molecule has 2 aromatic carbocycles. The highest BCUT2D eigenvalue weighted by Crippen LogP contribution is 2.52. The van der Waals surface area contributed by atoms with Gasteiger partial charge in [-0.15, -0.1) is 0 Å². The van der Waals surface area contributed by atoms with E-state index in [0.717, 1.165) is 105 Å². The number of anilines is 3. The fraction of sp³-hybridized carbons (Fsp3) is 0.537. The molecule has 14 nitrogen and oxygen atoms in total. The zero-order valence-electron chi connectivity index (χ0n) is 31.8. The molecule has 3 N–H and O–H groups in total. The molecule has 6 heterocycles. The minimum Gasteiger partial charge on any atom is -0.495 e. The summed E-state index contributed by atoms with van der Waals surface area (Å²) in [5, 5.41) is 6.67. The summed E-state index contributed by atoms with van der Waals surface area (Å²) in [5.41, 5.74) is 12.3. The van der Waals surface area contributed by atoms with Gasteiger partial charge in [-0.25, -0.2) is 0 Å². The summed E-state index contributed by atoms with van der Waals surface area (Å²) in [6.45, 7) is 8.34. The molecule has 1 saturated carbocycles. The van der Waals surface area contributed by atoms with Gasteiger partial charge in [-0.05, 0) is 74.6 Å². The number of nitrogens with two attached hydrogens (primary N) is 1. The van der Waals surface area contributed by atoms with Crippen molar-refractivity contribution in [3.8, 4) is 16.9 Å². The van der Waals surface area contributed by atoms with Crippen molar-refractivity contribution in [2.24, 2.45) is 12.5 Å². The first-order valence-electron chi connectivity index (χ1n) is 19.9. The number of carbonyl (C=O) groups is 4. The zero-order chi connectivity index (χ0) is 38.0. The molecule has 4 saturated heterocycles. The number of hydrogen-bond acceptors (Lipinski definition) is 11. The van der Waals surface area contributed by atoms with Gasteiger partial charge in [-0.2, -0.15) is 5.10 Å². The molecule has 0 radical (unpaired) electrons. The van der Waals surface area contributed by atoms with Crippen molar-refractivity contribution < 1.29 is 23.9 Å². The first-order chi connectivity index (χ1) is 26.6. The summed E-state index contributed by atoms with van der Waals surface area (Å²) in [6, 6.07) is 9.89. The van der Waals surface area contributed by atoms with Crippen molar-refractivity contribution in [1.82, 2.24) is 29.8 Å². The van der Waals surface area contributed by atoms with E-state index in [1.807, 2.05) is 42.3 Å². The first-order valence-corrected chi connectivity index (χ1v) is 19.9. The maximum Gasteiger partial charge on any atom is 0.262 e. The topological polar surface area (TPSA) is 150 Å². The number of ether oxygens (including phenoxy) is 1. The number of nitrogen functional groups attached to an aromatic ring is 1. The summed E-state index contributed by atoms with van der Waals surface area (Å²) in [6.07, 6.45) is 11.2. The Morgan fingerprint density at radius 3 is 2.15 bits per heavy atom. The van der Waals surface area contributed by atoms with Gasteiger partial charge in [0.1, 0.15) is 11.8 Å². The number of fused-ring (bicyclic) bond motifs is 1. The number of aromatic nitrogens is 2. The second-order valence-corrected chi connectivity index (χ2v) is 16.5. The van der Waals surface area contributed by atoms with Gasteiger partial charge in [-0.3, -0.25) is 43.9 Å².